The van der Waals surface area contributed by atoms with E-state index >= 15 is 0 Å². The third-order valence-corrected chi connectivity index (χ3v) is 5.56. The molecule has 0 amide bonds. The van der Waals surface area contributed by atoms with Crippen molar-refractivity contribution in [3.05, 3.63) is 48.7 Å². The second-order valence-electron chi connectivity index (χ2n) is 5.22. The highest BCUT2D eigenvalue weighted by atomic mass is 32.2. The van der Waals surface area contributed by atoms with E-state index in [9.17, 15) is 12.8 Å². The molecule has 0 aliphatic carbocycles. The molecular formula is C15H16FN3O3S. The Balaban J connectivity index is 1.64. The van der Waals surface area contributed by atoms with Gasteiger partial charge in [-0.1, -0.05) is 6.07 Å². The zero-order chi connectivity index (χ0) is 16.3. The molecule has 1 aromatic heterocycles. The van der Waals surface area contributed by atoms with Crippen LogP contribution in [-0.2, 0) is 10.0 Å². The summed E-state index contributed by atoms with van der Waals surface area (Å²) in [7, 11) is -3.67. The number of hydrogen-bond acceptors (Lipinski definition) is 5. The number of nitrogens with zero attached hydrogens (tertiary/aromatic N) is 3. The Morgan fingerprint density at radius 1 is 1.22 bits per heavy atom. The normalized spacial score (nSPS) is 17.1. The zero-order valence-corrected chi connectivity index (χ0v) is 13.1. The molecule has 122 valence electrons. The highest BCUT2D eigenvalue weighted by Crippen LogP contribution is 2.23. The first-order valence-electron chi connectivity index (χ1n) is 7.24. The molecule has 1 aliphatic rings. The molecule has 1 fully saturated rings. The summed E-state index contributed by atoms with van der Waals surface area (Å²) < 4.78 is 45.3. The number of ether oxygens (including phenoxy) is 1. The molecule has 0 atom stereocenters. The van der Waals surface area contributed by atoms with E-state index in [1.54, 1.807) is 12.4 Å². The second-order valence-corrected chi connectivity index (χ2v) is 7.16. The van der Waals surface area contributed by atoms with Gasteiger partial charge >= 0.3 is 0 Å². The summed E-state index contributed by atoms with van der Waals surface area (Å²) >= 11 is 0. The minimum Gasteiger partial charge on any atom is -0.473 e. The molecule has 6 nitrogen and oxygen atoms in total. The Kier molecular flexibility index (Phi) is 4.53. The second kappa shape index (κ2) is 6.59. The molecule has 0 N–H and O–H groups in total. The summed E-state index contributed by atoms with van der Waals surface area (Å²) in [5.41, 5.74) is 0. The van der Waals surface area contributed by atoms with E-state index in [-0.39, 0.29) is 11.0 Å². The van der Waals surface area contributed by atoms with Gasteiger partial charge in [0.15, 0.2) is 0 Å². The van der Waals surface area contributed by atoms with E-state index in [1.165, 1.54) is 28.7 Å². The fourth-order valence-corrected chi connectivity index (χ4v) is 3.99. The summed E-state index contributed by atoms with van der Waals surface area (Å²) in [5.74, 6) is -0.133. The maximum Gasteiger partial charge on any atom is 0.243 e. The number of benzene rings is 1. The number of sulfonamides is 1. The van der Waals surface area contributed by atoms with Gasteiger partial charge < -0.3 is 4.74 Å². The van der Waals surface area contributed by atoms with Crippen molar-refractivity contribution in [3.8, 4) is 5.88 Å². The molecule has 23 heavy (non-hydrogen) atoms. The Labute approximate surface area is 134 Å². The molecule has 1 aromatic carbocycles. The van der Waals surface area contributed by atoms with E-state index in [2.05, 4.69) is 9.97 Å². The van der Waals surface area contributed by atoms with Crippen LogP contribution in [0.5, 0.6) is 5.88 Å². The molecular weight excluding hydrogens is 321 g/mol. The van der Waals surface area contributed by atoms with Crippen molar-refractivity contribution in [1.29, 1.82) is 0 Å². The first-order chi connectivity index (χ1) is 11.1. The van der Waals surface area contributed by atoms with Crippen molar-refractivity contribution < 1.29 is 17.5 Å². The van der Waals surface area contributed by atoms with Crippen LogP contribution in [0.15, 0.2) is 47.8 Å². The summed E-state index contributed by atoms with van der Waals surface area (Å²) in [4.78, 5) is 7.94. The monoisotopic (exact) mass is 337 g/mol. The van der Waals surface area contributed by atoms with Gasteiger partial charge in [0.05, 0.1) is 11.1 Å². The minimum absolute atomic E-state index is 0.0224. The number of aromatic nitrogens is 2. The molecule has 1 saturated heterocycles. The molecule has 0 spiro atoms. The van der Waals surface area contributed by atoms with Crippen molar-refractivity contribution >= 4 is 10.0 Å². The van der Waals surface area contributed by atoms with Gasteiger partial charge in [0, 0.05) is 25.5 Å². The third-order valence-electron chi connectivity index (χ3n) is 3.66. The smallest absolute Gasteiger partial charge is 0.243 e. The maximum absolute atomic E-state index is 13.3. The van der Waals surface area contributed by atoms with Gasteiger partial charge in [-0.3, -0.25) is 4.98 Å². The molecule has 8 heteroatoms. The highest BCUT2D eigenvalue weighted by Gasteiger charge is 2.30. The standard InChI is InChI=1S/C15H16FN3O3S/c16-12-2-1-3-14(10-12)23(20,21)19-8-4-13(5-9-19)22-15-11-17-6-7-18-15/h1-3,6-7,10-11,13H,4-5,8-9H2. The lowest BCUT2D eigenvalue weighted by Crippen LogP contribution is -2.41. The minimum atomic E-state index is -3.67. The van der Waals surface area contributed by atoms with Gasteiger partial charge in [-0.2, -0.15) is 4.31 Å². The third kappa shape index (κ3) is 3.65. The highest BCUT2D eigenvalue weighted by molar-refractivity contribution is 7.89. The van der Waals surface area contributed by atoms with Gasteiger partial charge in [-0.15, -0.1) is 0 Å². The molecule has 0 unspecified atom stereocenters. The Bertz CT molecular complexity index is 763. The lowest BCUT2D eigenvalue weighted by atomic mass is 10.1. The van der Waals surface area contributed by atoms with Crippen molar-refractivity contribution in [3.63, 3.8) is 0 Å². The average molecular weight is 337 g/mol. The summed E-state index contributed by atoms with van der Waals surface area (Å²) in [6.45, 7) is 0.646. The van der Waals surface area contributed by atoms with Crippen LogP contribution in [0.3, 0.4) is 0 Å². The first kappa shape index (κ1) is 15.8. The Hall–Kier alpha value is -2.06. The van der Waals surface area contributed by atoms with E-state index in [0.29, 0.717) is 31.8 Å². The van der Waals surface area contributed by atoms with Gasteiger partial charge in [0.25, 0.3) is 0 Å². The van der Waals surface area contributed by atoms with Gasteiger partial charge in [-0.25, -0.2) is 17.8 Å². The zero-order valence-electron chi connectivity index (χ0n) is 12.3. The number of rotatable bonds is 4. The molecule has 0 radical (unpaired) electrons. The molecule has 1 aliphatic heterocycles. The van der Waals surface area contributed by atoms with E-state index in [1.807, 2.05) is 0 Å². The number of piperidine rings is 1. The largest absolute Gasteiger partial charge is 0.473 e. The topological polar surface area (TPSA) is 72.4 Å². The van der Waals surface area contributed by atoms with Crippen molar-refractivity contribution in [2.45, 2.75) is 23.8 Å². The van der Waals surface area contributed by atoms with Crippen LogP contribution in [-0.4, -0.2) is 41.9 Å². The van der Waals surface area contributed by atoms with Crippen LogP contribution < -0.4 is 4.74 Å². The molecule has 0 bridgehead atoms. The van der Waals surface area contributed by atoms with Crippen molar-refractivity contribution in [2.75, 3.05) is 13.1 Å². The van der Waals surface area contributed by atoms with Crippen molar-refractivity contribution in [1.82, 2.24) is 14.3 Å². The van der Waals surface area contributed by atoms with Crippen LogP contribution in [0.4, 0.5) is 4.39 Å². The lowest BCUT2D eigenvalue weighted by Gasteiger charge is -2.31. The summed E-state index contributed by atoms with van der Waals surface area (Å²) in [6.07, 6.45) is 5.61. The van der Waals surface area contributed by atoms with Crippen LogP contribution in [0.2, 0.25) is 0 Å². The summed E-state index contributed by atoms with van der Waals surface area (Å²) in [6, 6.07) is 5.06. The van der Waals surface area contributed by atoms with Gasteiger partial charge in [-0.05, 0) is 31.0 Å². The van der Waals surface area contributed by atoms with Crippen LogP contribution >= 0.6 is 0 Å². The van der Waals surface area contributed by atoms with E-state index < -0.39 is 15.8 Å². The fourth-order valence-electron chi connectivity index (χ4n) is 2.48. The average Bonchev–Trinajstić information content (AvgIpc) is 2.56. The van der Waals surface area contributed by atoms with Gasteiger partial charge in [0.2, 0.25) is 15.9 Å². The molecule has 2 heterocycles. The first-order valence-corrected chi connectivity index (χ1v) is 8.68. The van der Waals surface area contributed by atoms with Crippen molar-refractivity contribution in [2.24, 2.45) is 0 Å². The fraction of sp³-hybridized carbons (Fsp3) is 0.333. The predicted octanol–water partition coefficient (Wildman–Crippen LogP) is 1.85. The SMILES string of the molecule is O=S(=O)(c1cccc(F)c1)N1CCC(Oc2cnccn2)CC1. The van der Waals surface area contributed by atoms with Gasteiger partial charge in [0.1, 0.15) is 11.9 Å². The summed E-state index contributed by atoms with van der Waals surface area (Å²) in [5, 5.41) is 0. The van der Waals surface area contributed by atoms with Crippen LogP contribution in [0.25, 0.3) is 0 Å². The number of hydrogen-bond donors (Lipinski definition) is 0. The molecule has 2 aromatic rings. The quantitative estimate of drug-likeness (QED) is 0.851. The maximum atomic E-state index is 13.3. The van der Waals surface area contributed by atoms with Crippen LogP contribution in [0.1, 0.15) is 12.8 Å². The Morgan fingerprint density at radius 2 is 2.00 bits per heavy atom. The Morgan fingerprint density at radius 3 is 2.65 bits per heavy atom. The van der Waals surface area contributed by atoms with E-state index in [0.717, 1.165) is 6.07 Å². The van der Waals surface area contributed by atoms with Crippen LogP contribution in [0, 0.1) is 5.82 Å². The lowest BCUT2D eigenvalue weighted by molar-refractivity contribution is 0.129. The molecule has 3 rings (SSSR count). The molecule has 0 saturated carbocycles. The van der Waals surface area contributed by atoms with E-state index in [4.69, 9.17) is 4.74 Å². The number of halogens is 1. The predicted molar refractivity (Wildman–Crippen MR) is 80.8 cm³/mol.